The summed E-state index contributed by atoms with van der Waals surface area (Å²) < 4.78 is 0. The van der Waals surface area contributed by atoms with Crippen LogP contribution in [0.1, 0.15) is 78.6 Å². The van der Waals surface area contributed by atoms with Gasteiger partial charge >= 0.3 is 0 Å². The number of ketones is 1. The molecule has 0 aromatic carbocycles. The molecule has 0 amide bonds. The first-order valence-electron chi connectivity index (χ1n) is 10.1. The van der Waals surface area contributed by atoms with Crippen LogP contribution in [0.25, 0.3) is 0 Å². The molecule has 4 aliphatic rings. The van der Waals surface area contributed by atoms with E-state index in [9.17, 15) is 4.79 Å². The van der Waals surface area contributed by atoms with Crippen LogP contribution in [0.2, 0.25) is 0 Å². The third kappa shape index (κ3) is 2.07. The van der Waals surface area contributed by atoms with Gasteiger partial charge in [-0.1, -0.05) is 38.8 Å². The Labute approximate surface area is 142 Å². The fourth-order valence-electron chi connectivity index (χ4n) is 7.92. The summed E-state index contributed by atoms with van der Waals surface area (Å²) in [6.45, 7) is 11.4. The van der Waals surface area contributed by atoms with Crippen molar-refractivity contribution in [2.24, 2.45) is 40.4 Å². The molecule has 0 N–H and O–H groups in total. The van der Waals surface area contributed by atoms with Crippen LogP contribution in [0.4, 0.5) is 0 Å². The quantitative estimate of drug-likeness (QED) is 0.560. The van der Waals surface area contributed by atoms with Crippen molar-refractivity contribution in [1.29, 1.82) is 0 Å². The highest BCUT2D eigenvalue weighted by atomic mass is 16.1. The van der Waals surface area contributed by atoms with E-state index in [1.165, 1.54) is 56.9 Å². The van der Waals surface area contributed by atoms with Crippen molar-refractivity contribution < 1.29 is 4.79 Å². The highest BCUT2D eigenvalue weighted by molar-refractivity contribution is 5.84. The molecule has 0 bridgehead atoms. The number of hydrogen-bond acceptors (Lipinski definition) is 1. The van der Waals surface area contributed by atoms with Gasteiger partial charge in [-0.2, -0.15) is 0 Å². The number of rotatable bonds is 1. The number of carbonyl (C=O) groups is 1. The molecular weight excluding hydrogens is 280 g/mol. The summed E-state index contributed by atoms with van der Waals surface area (Å²) in [4.78, 5) is 13.4. The van der Waals surface area contributed by atoms with Gasteiger partial charge in [0.15, 0.2) is 0 Å². The number of hydrogen-bond donors (Lipinski definition) is 0. The summed E-state index contributed by atoms with van der Waals surface area (Å²) in [5.41, 5.74) is 1.85. The van der Waals surface area contributed by atoms with Gasteiger partial charge in [-0.05, 0) is 80.0 Å². The molecule has 0 spiro atoms. The van der Waals surface area contributed by atoms with Crippen LogP contribution < -0.4 is 0 Å². The van der Waals surface area contributed by atoms with Crippen LogP contribution in [0.15, 0.2) is 12.2 Å². The Morgan fingerprint density at radius 1 is 1.04 bits per heavy atom. The summed E-state index contributed by atoms with van der Waals surface area (Å²) in [6, 6.07) is 0. The molecule has 1 heteroatoms. The Bertz CT molecular complexity index is 534. The van der Waals surface area contributed by atoms with E-state index in [4.69, 9.17) is 0 Å². The van der Waals surface area contributed by atoms with Crippen molar-refractivity contribution in [1.82, 2.24) is 0 Å². The fourth-order valence-corrected chi connectivity index (χ4v) is 7.92. The zero-order valence-corrected chi connectivity index (χ0v) is 15.4. The van der Waals surface area contributed by atoms with Crippen molar-refractivity contribution in [3.05, 3.63) is 12.2 Å². The second-order valence-electron chi connectivity index (χ2n) is 9.90. The molecule has 4 fully saturated rings. The van der Waals surface area contributed by atoms with E-state index in [0.717, 1.165) is 18.3 Å². The molecule has 0 aliphatic heterocycles. The van der Waals surface area contributed by atoms with Crippen molar-refractivity contribution in [3.8, 4) is 0 Å². The van der Waals surface area contributed by atoms with Crippen LogP contribution in [0, 0.1) is 40.4 Å². The minimum Gasteiger partial charge on any atom is -0.299 e. The minimum absolute atomic E-state index is 0.210. The van der Waals surface area contributed by atoms with E-state index >= 15 is 0 Å². The van der Waals surface area contributed by atoms with Crippen LogP contribution >= 0.6 is 0 Å². The predicted molar refractivity (Wildman–Crippen MR) is 95.0 cm³/mol. The number of carbonyl (C=O) groups excluding carboxylic acids is 1. The minimum atomic E-state index is 0.210. The van der Waals surface area contributed by atoms with Gasteiger partial charge in [-0.25, -0.2) is 0 Å². The molecule has 4 saturated carbocycles. The lowest BCUT2D eigenvalue weighted by molar-refractivity contribution is -0.156. The molecule has 0 radical (unpaired) electrons. The van der Waals surface area contributed by atoms with Gasteiger partial charge in [0.2, 0.25) is 0 Å². The standard InChI is InChI=1S/C22H34O/c1-14(2)17-10-11-18-16-9-8-15-7-5-6-12-21(15,3)20(16)19(23)13-22(17,18)4/h15-18,20H,1,5-13H2,2-4H3/t15?,16-,17+,18-,20+,21-,22+/m0/s1. The predicted octanol–water partition coefficient (Wildman–Crippen LogP) is 5.79. The highest BCUT2D eigenvalue weighted by Crippen LogP contribution is 2.67. The molecule has 23 heavy (non-hydrogen) atoms. The van der Waals surface area contributed by atoms with Crippen molar-refractivity contribution in [3.63, 3.8) is 0 Å². The Hall–Kier alpha value is -0.590. The summed E-state index contributed by atoms with van der Waals surface area (Å²) in [6.07, 6.45) is 11.6. The van der Waals surface area contributed by atoms with Gasteiger partial charge in [0, 0.05) is 12.3 Å². The first-order valence-corrected chi connectivity index (χ1v) is 10.1. The van der Waals surface area contributed by atoms with Crippen molar-refractivity contribution >= 4 is 5.78 Å². The topological polar surface area (TPSA) is 17.1 Å². The van der Waals surface area contributed by atoms with Crippen LogP contribution in [-0.2, 0) is 4.79 Å². The van der Waals surface area contributed by atoms with E-state index in [1.807, 2.05) is 0 Å². The zero-order chi connectivity index (χ0) is 16.4. The maximum absolute atomic E-state index is 13.4. The normalized spacial score (nSPS) is 52.5. The molecule has 1 nitrogen and oxygen atoms in total. The molecular formula is C22H34O. The van der Waals surface area contributed by atoms with Crippen molar-refractivity contribution in [2.75, 3.05) is 0 Å². The number of allylic oxidation sites excluding steroid dienone is 1. The molecule has 1 unspecified atom stereocenters. The molecule has 0 aromatic heterocycles. The molecule has 4 aliphatic carbocycles. The molecule has 0 heterocycles. The summed E-state index contributed by atoms with van der Waals surface area (Å²) in [5, 5.41) is 0. The fraction of sp³-hybridized carbons (Fsp3) is 0.864. The second kappa shape index (κ2) is 5.20. The second-order valence-corrected chi connectivity index (χ2v) is 9.90. The lowest BCUT2D eigenvalue weighted by Crippen LogP contribution is -2.56. The summed E-state index contributed by atoms with van der Waals surface area (Å²) >= 11 is 0. The van der Waals surface area contributed by atoms with Gasteiger partial charge in [0.05, 0.1) is 0 Å². The average molecular weight is 315 g/mol. The van der Waals surface area contributed by atoms with E-state index in [-0.39, 0.29) is 5.41 Å². The number of fused-ring (bicyclic) bond motifs is 5. The molecule has 0 aromatic rings. The van der Waals surface area contributed by atoms with Gasteiger partial charge in [0.25, 0.3) is 0 Å². The van der Waals surface area contributed by atoms with Crippen LogP contribution in [0.3, 0.4) is 0 Å². The molecule has 0 saturated heterocycles. The summed E-state index contributed by atoms with van der Waals surface area (Å²) in [5.74, 6) is 3.84. The maximum atomic E-state index is 13.4. The molecule has 7 atom stereocenters. The monoisotopic (exact) mass is 314 g/mol. The van der Waals surface area contributed by atoms with Crippen molar-refractivity contribution in [2.45, 2.75) is 78.6 Å². The van der Waals surface area contributed by atoms with E-state index < -0.39 is 0 Å². The third-order valence-corrected chi connectivity index (χ3v) is 8.86. The smallest absolute Gasteiger partial charge is 0.137 e. The molecule has 128 valence electrons. The Balaban J connectivity index is 1.70. The van der Waals surface area contributed by atoms with Gasteiger partial charge in [0.1, 0.15) is 5.78 Å². The van der Waals surface area contributed by atoms with Crippen LogP contribution in [-0.4, -0.2) is 5.78 Å². The largest absolute Gasteiger partial charge is 0.299 e. The van der Waals surface area contributed by atoms with E-state index in [1.54, 1.807) is 0 Å². The van der Waals surface area contributed by atoms with Gasteiger partial charge < -0.3 is 0 Å². The SMILES string of the molecule is C=C(C)[C@H]1CC[C@H]2[C@@H]3CCC4CCCC[C@]4(C)[C@H]3C(=O)C[C@]12C. The van der Waals surface area contributed by atoms with E-state index in [0.29, 0.717) is 29.0 Å². The average Bonchev–Trinajstić information content (AvgIpc) is 2.82. The first kappa shape index (κ1) is 15.9. The van der Waals surface area contributed by atoms with Crippen LogP contribution in [0.5, 0.6) is 0 Å². The maximum Gasteiger partial charge on any atom is 0.137 e. The first-order chi connectivity index (χ1) is 10.9. The van der Waals surface area contributed by atoms with Gasteiger partial charge in [-0.3, -0.25) is 4.79 Å². The Kier molecular flexibility index (Phi) is 3.60. The molecule has 4 rings (SSSR count). The third-order valence-electron chi connectivity index (χ3n) is 8.86. The van der Waals surface area contributed by atoms with E-state index in [2.05, 4.69) is 27.4 Å². The Morgan fingerprint density at radius 2 is 1.83 bits per heavy atom. The highest BCUT2D eigenvalue weighted by Gasteiger charge is 2.62. The van der Waals surface area contributed by atoms with Gasteiger partial charge in [-0.15, -0.1) is 0 Å². The Morgan fingerprint density at radius 3 is 2.57 bits per heavy atom. The lowest BCUT2D eigenvalue weighted by atomic mass is 9.44. The lowest BCUT2D eigenvalue weighted by Gasteiger charge is -2.59. The number of Topliss-reactive ketones (excluding diaryl/α,β-unsaturated/α-hetero) is 1. The zero-order valence-electron chi connectivity index (χ0n) is 15.4. The summed E-state index contributed by atoms with van der Waals surface area (Å²) in [7, 11) is 0.